The van der Waals surface area contributed by atoms with Gasteiger partial charge in [0.25, 0.3) is 5.56 Å². The summed E-state index contributed by atoms with van der Waals surface area (Å²) in [5, 5.41) is 3.49. The van der Waals surface area contributed by atoms with Crippen LogP contribution >= 0.6 is 36.2 Å². The Morgan fingerprint density at radius 1 is 1.43 bits per heavy atom. The van der Waals surface area contributed by atoms with E-state index in [0.29, 0.717) is 12.6 Å². The van der Waals surface area contributed by atoms with Crippen molar-refractivity contribution in [3.8, 4) is 0 Å². The third-order valence-electron chi connectivity index (χ3n) is 4.10. The van der Waals surface area contributed by atoms with Crippen LogP contribution in [0, 0.1) is 6.92 Å². The normalized spacial score (nSPS) is 24.0. The van der Waals surface area contributed by atoms with E-state index in [2.05, 4.69) is 15.2 Å². The highest BCUT2D eigenvalue weighted by Crippen LogP contribution is 2.19. The largest absolute Gasteiger partial charge is 0.374 e. The molecule has 2 aliphatic heterocycles. The van der Waals surface area contributed by atoms with Crippen LogP contribution in [0.4, 0.5) is 0 Å². The van der Waals surface area contributed by atoms with E-state index in [-0.39, 0.29) is 36.5 Å². The van der Waals surface area contributed by atoms with Crippen LogP contribution in [-0.4, -0.2) is 52.7 Å². The minimum absolute atomic E-state index is 0. The molecule has 4 heterocycles. The molecule has 2 aliphatic rings. The van der Waals surface area contributed by atoms with Crippen LogP contribution in [0.15, 0.2) is 17.1 Å². The predicted octanol–water partition coefficient (Wildman–Crippen LogP) is 1.08. The molecule has 0 radical (unpaired) electrons. The van der Waals surface area contributed by atoms with Crippen molar-refractivity contribution < 1.29 is 4.74 Å². The summed E-state index contributed by atoms with van der Waals surface area (Å²) in [4.78, 5) is 20.9. The number of hydrogen-bond donors (Lipinski definition) is 1. The third-order valence-corrected chi connectivity index (χ3v) is 5.00. The minimum atomic E-state index is 0. The first kappa shape index (κ1) is 18.6. The Morgan fingerprint density at radius 2 is 2.26 bits per heavy atom. The first-order valence-corrected chi connectivity index (χ1v) is 8.07. The zero-order chi connectivity index (χ0) is 14.4. The SMILES string of the molecule is Cc1cn2c(=O)cc(CN3C[C@@H]4NCCO[C@H]4C3)nc2s1.Cl.Cl. The van der Waals surface area contributed by atoms with E-state index in [9.17, 15) is 4.79 Å². The van der Waals surface area contributed by atoms with E-state index < -0.39 is 0 Å². The van der Waals surface area contributed by atoms with Gasteiger partial charge in [0.1, 0.15) is 0 Å². The molecule has 2 fully saturated rings. The highest BCUT2D eigenvalue weighted by molar-refractivity contribution is 7.16. The topological polar surface area (TPSA) is 58.9 Å². The molecular weight excluding hydrogens is 359 g/mol. The van der Waals surface area contributed by atoms with Crippen molar-refractivity contribution in [2.75, 3.05) is 26.2 Å². The van der Waals surface area contributed by atoms with Crippen molar-refractivity contribution in [2.45, 2.75) is 25.6 Å². The lowest BCUT2D eigenvalue weighted by atomic mass is 10.2. The van der Waals surface area contributed by atoms with E-state index in [1.165, 1.54) is 0 Å². The van der Waals surface area contributed by atoms with E-state index in [1.807, 2.05) is 13.1 Å². The van der Waals surface area contributed by atoms with Gasteiger partial charge in [0.2, 0.25) is 0 Å². The molecule has 9 heteroatoms. The van der Waals surface area contributed by atoms with Crippen molar-refractivity contribution in [2.24, 2.45) is 0 Å². The van der Waals surface area contributed by atoms with Crippen LogP contribution in [0.3, 0.4) is 0 Å². The fraction of sp³-hybridized carbons (Fsp3) is 0.571. The first-order valence-electron chi connectivity index (χ1n) is 7.25. The second kappa shape index (κ2) is 7.46. The average Bonchev–Trinajstić information content (AvgIpc) is 3.01. The van der Waals surface area contributed by atoms with Gasteiger partial charge in [-0.15, -0.1) is 36.2 Å². The van der Waals surface area contributed by atoms with Gasteiger partial charge in [0, 0.05) is 49.4 Å². The standard InChI is InChI=1S/C14H18N4O2S.2ClH/c1-9-5-18-13(19)4-10(16-14(18)21-9)6-17-7-11-12(8-17)20-3-2-15-11;;/h4-5,11-12,15H,2-3,6-8H2,1H3;2*1H/t11-,12-;;/m0../s1. The molecule has 4 rings (SSSR count). The summed E-state index contributed by atoms with van der Waals surface area (Å²) >= 11 is 1.55. The Balaban J connectivity index is 0.000000960. The minimum Gasteiger partial charge on any atom is -0.374 e. The van der Waals surface area contributed by atoms with Gasteiger partial charge in [-0.3, -0.25) is 14.1 Å². The molecule has 0 spiro atoms. The Labute approximate surface area is 150 Å². The molecule has 0 saturated carbocycles. The molecule has 0 aromatic carbocycles. The van der Waals surface area contributed by atoms with Crippen molar-refractivity contribution in [3.05, 3.63) is 33.2 Å². The summed E-state index contributed by atoms with van der Waals surface area (Å²) in [6, 6.07) is 2.06. The van der Waals surface area contributed by atoms with Crippen molar-refractivity contribution >= 4 is 41.1 Å². The number of thiazole rings is 1. The van der Waals surface area contributed by atoms with Gasteiger partial charge in [0.05, 0.1) is 18.4 Å². The molecule has 0 bridgehead atoms. The van der Waals surface area contributed by atoms with E-state index in [4.69, 9.17) is 4.74 Å². The number of ether oxygens (including phenoxy) is 1. The lowest BCUT2D eigenvalue weighted by Gasteiger charge is -2.25. The zero-order valence-electron chi connectivity index (χ0n) is 12.7. The summed E-state index contributed by atoms with van der Waals surface area (Å²) in [5.74, 6) is 0. The van der Waals surface area contributed by atoms with E-state index in [1.54, 1.807) is 21.8 Å². The summed E-state index contributed by atoms with van der Waals surface area (Å²) in [6.45, 7) is 6.27. The number of likely N-dealkylation sites (tertiary alicyclic amines) is 1. The van der Waals surface area contributed by atoms with Crippen LogP contribution < -0.4 is 10.9 Å². The fourth-order valence-electron chi connectivity index (χ4n) is 3.17. The number of rotatable bonds is 2. The number of nitrogens with one attached hydrogen (secondary N) is 1. The number of nitrogens with zero attached hydrogens (tertiary/aromatic N) is 3. The van der Waals surface area contributed by atoms with Gasteiger partial charge in [-0.05, 0) is 6.92 Å². The van der Waals surface area contributed by atoms with Crippen LogP contribution in [0.25, 0.3) is 4.96 Å². The van der Waals surface area contributed by atoms with Crippen LogP contribution in [-0.2, 0) is 11.3 Å². The molecule has 0 amide bonds. The maximum atomic E-state index is 12.1. The molecule has 1 N–H and O–H groups in total. The van der Waals surface area contributed by atoms with Crippen molar-refractivity contribution in [3.63, 3.8) is 0 Å². The van der Waals surface area contributed by atoms with Crippen LogP contribution in [0.2, 0.25) is 0 Å². The first-order chi connectivity index (χ1) is 10.2. The molecule has 128 valence electrons. The van der Waals surface area contributed by atoms with Gasteiger partial charge in [-0.1, -0.05) is 0 Å². The zero-order valence-corrected chi connectivity index (χ0v) is 15.2. The molecule has 2 aromatic heterocycles. The van der Waals surface area contributed by atoms with Crippen LogP contribution in [0.1, 0.15) is 10.6 Å². The van der Waals surface area contributed by atoms with E-state index >= 15 is 0 Å². The molecule has 2 saturated heterocycles. The summed E-state index contributed by atoms with van der Waals surface area (Å²) < 4.78 is 7.40. The Hall–Kier alpha value is -0.700. The van der Waals surface area contributed by atoms with Crippen molar-refractivity contribution in [1.82, 2.24) is 19.6 Å². The van der Waals surface area contributed by atoms with Gasteiger partial charge in [-0.25, -0.2) is 4.98 Å². The van der Waals surface area contributed by atoms with Gasteiger partial charge >= 0.3 is 0 Å². The summed E-state index contributed by atoms with van der Waals surface area (Å²) in [7, 11) is 0. The number of aromatic nitrogens is 2. The molecular formula is C14H20Cl2N4O2S. The number of hydrogen-bond acceptors (Lipinski definition) is 6. The Bertz CT molecular complexity index is 721. The maximum Gasteiger partial charge on any atom is 0.258 e. The summed E-state index contributed by atoms with van der Waals surface area (Å²) in [5.41, 5.74) is 0.853. The summed E-state index contributed by atoms with van der Waals surface area (Å²) in [6.07, 6.45) is 2.12. The number of halogens is 2. The number of morpholine rings is 1. The number of fused-ring (bicyclic) bond motifs is 2. The molecule has 2 aromatic rings. The molecule has 0 unspecified atom stereocenters. The molecule has 2 atom stereocenters. The highest BCUT2D eigenvalue weighted by Gasteiger charge is 2.35. The van der Waals surface area contributed by atoms with Gasteiger partial charge in [0.15, 0.2) is 4.96 Å². The lowest BCUT2D eigenvalue weighted by molar-refractivity contribution is 0.0175. The predicted molar refractivity (Wildman–Crippen MR) is 95.4 cm³/mol. The Kier molecular flexibility index (Phi) is 6.05. The quantitative estimate of drug-likeness (QED) is 0.847. The fourth-order valence-corrected chi connectivity index (χ4v) is 4.02. The van der Waals surface area contributed by atoms with Crippen LogP contribution in [0.5, 0.6) is 0 Å². The monoisotopic (exact) mass is 378 g/mol. The van der Waals surface area contributed by atoms with E-state index in [0.717, 1.165) is 41.8 Å². The maximum absolute atomic E-state index is 12.1. The van der Waals surface area contributed by atoms with Gasteiger partial charge < -0.3 is 10.1 Å². The van der Waals surface area contributed by atoms with Gasteiger partial charge in [-0.2, -0.15) is 0 Å². The Morgan fingerprint density at radius 3 is 3.04 bits per heavy atom. The number of aryl methyl sites for hydroxylation is 1. The lowest BCUT2D eigenvalue weighted by Crippen LogP contribution is -2.47. The van der Waals surface area contributed by atoms with Crippen molar-refractivity contribution in [1.29, 1.82) is 0 Å². The average molecular weight is 379 g/mol. The molecule has 0 aliphatic carbocycles. The second-order valence-corrected chi connectivity index (χ2v) is 6.96. The molecule has 6 nitrogen and oxygen atoms in total. The molecule has 23 heavy (non-hydrogen) atoms. The smallest absolute Gasteiger partial charge is 0.258 e. The second-order valence-electron chi connectivity index (χ2n) is 5.74. The third kappa shape index (κ3) is 3.70. The highest BCUT2D eigenvalue weighted by atomic mass is 35.5.